The molecule has 1 saturated heterocycles. The van der Waals surface area contributed by atoms with E-state index in [1.807, 2.05) is 24.3 Å². The number of hydrogen-bond acceptors (Lipinski definition) is 5. The predicted octanol–water partition coefficient (Wildman–Crippen LogP) is 4.93. The van der Waals surface area contributed by atoms with Gasteiger partial charge < -0.3 is 14.4 Å². The number of fused-ring (bicyclic) bond motifs is 1. The van der Waals surface area contributed by atoms with Crippen molar-refractivity contribution in [2.24, 2.45) is 5.92 Å². The Morgan fingerprint density at radius 3 is 2.53 bits per heavy atom. The van der Waals surface area contributed by atoms with Crippen LogP contribution in [-0.2, 0) is 16.2 Å². The molecule has 5 nitrogen and oxygen atoms in total. The number of hydrogen-bond donors (Lipinski definition) is 0. The van der Waals surface area contributed by atoms with Gasteiger partial charge in [0.15, 0.2) is 11.5 Å². The number of likely N-dealkylation sites (tertiary alicyclic amines) is 1. The van der Waals surface area contributed by atoms with Crippen LogP contribution in [0.15, 0.2) is 61.4 Å². The second-order valence-electron chi connectivity index (χ2n) is 8.01. The van der Waals surface area contributed by atoms with Crippen LogP contribution in [0, 0.1) is 5.92 Å². The summed E-state index contributed by atoms with van der Waals surface area (Å²) in [5.74, 6) is 2.08. The van der Waals surface area contributed by atoms with Gasteiger partial charge in [-0.25, -0.2) is 0 Å². The van der Waals surface area contributed by atoms with Crippen molar-refractivity contribution in [2.45, 2.75) is 38.4 Å². The molecule has 0 saturated carbocycles. The van der Waals surface area contributed by atoms with Crippen molar-refractivity contribution in [1.29, 1.82) is 0 Å². The zero-order chi connectivity index (χ0) is 20.8. The van der Waals surface area contributed by atoms with Gasteiger partial charge in [0.05, 0.1) is 0 Å². The third kappa shape index (κ3) is 4.97. The molecule has 5 heteroatoms. The number of benzene rings is 2. The third-order valence-electron chi connectivity index (χ3n) is 6.03. The topological polar surface area (TPSA) is 40.2 Å². The second kappa shape index (κ2) is 10.0. The number of piperidine rings is 1. The van der Waals surface area contributed by atoms with E-state index < -0.39 is 0 Å². The molecule has 2 atom stereocenters. The highest BCUT2D eigenvalue weighted by Crippen LogP contribution is 2.35. The summed E-state index contributed by atoms with van der Waals surface area (Å²) in [6, 6.07) is 16.5. The minimum atomic E-state index is -0.0859. The van der Waals surface area contributed by atoms with Crippen LogP contribution in [-0.4, -0.2) is 37.2 Å². The largest absolute Gasteiger partial charge is 0.486 e. The standard InChI is InChI=1S/C25H31NO4/c1-3-19-9-11-20(12-10-19)25(30-28-4-2)21-13-15-26(16-14-21)17-22-18-27-23-7-5-6-8-24(23)29-22/h4-12,21-22,25H,2-3,13-18H2,1H3. The van der Waals surface area contributed by atoms with Crippen LogP contribution in [0.3, 0.4) is 0 Å². The molecule has 4 rings (SSSR count). The zero-order valence-corrected chi connectivity index (χ0v) is 17.7. The summed E-state index contributed by atoms with van der Waals surface area (Å²) in [5.41, 5.74) is 2.49. The lowest BCUT2D eigenvalue weighted by atomic mass is 9.87. The fourth-order valence-electron chi connectivity index (χ4n) is 4.33. The molecule has 2 aromatic carbocycles. The Morgan fingerprint density at radius 2 is 1.83 bits per heavy atom. The quantitative estimate of drug-likeness (QED) is 0.351. The third-order valence-corrected chi connectivity index (χ3v) is 6.03. The normalized spacial score (nSPS) is 20.5. The highest BCUT2D eigenvalue weighted by Gasteiger charge is 2.31. The molecule has 0 radical (unpaired) electrons. The molecule has 2 unspecified atom stereocenters. The fourth-order valence-corrected chi connectivity index (χ4v) is 4.33. The smallest absolute Gasteiger partial charge is 0.161 e. The summed E-state index contributed by atoms with van der Waals surface area (Å²) in [6.07, 6.45) is 4.45. The molecule has 0 spiro atoms. The van der Waals surface area contributed by atoms with Crippen LogP contribution in [0.5, 0.6) is 11.5 Å². The van der Waals surface area contributed by atoms with Crippen molar-refractivity contribution in [1.82, 2.24) is 4.90 Å². The summed E-state index contributed by atoms with van der Waals surface area (Å²) in [6.45, 7) is 9.26. The molecular weight excluding hydrogens is 378 g/mol. The Morgan fingerprint density at radius 1 is 1.10 bits per heavy atom. The Labute approximate surface area is 179 Å². The van der Waals surface area contributed by atoms with E-state index in [-0.39, 0.29) is 12.2 Å². The minimum Gasteiger partial charge on any atom is -0.486 e. The van der Waals surface area contributed by atoms with Gasteiger partial charge in [-0.05, 0) is 61.5 Å². The molecule has 30 heavy (non-hydrogen) atoms. The number of ether oxygens (including phenoxy) is 2. The van der Waals surface area contributed by atoms with E-state index in [1.165, 1.54) is 11.8 Å². The van der Waals surface area contributed by atoms with Gasteiger partial charge in [-0.2, -0.15) is 4.89 Å². The first-order valence-electron chi connectivity index (χ1n) is 10.9. The van der Waals surface area contributed by atoms with E-state index in [1.54, 1.807) is 0 Å². The van der Waals surface area contributed by atoms with Crippen LogP contribution < -0.4 is 9.47 Å². The van der Waals surface area contributed by atoms with Gasteiger partial charge in [-0.15, -0.1) is 0 Å². The first-order valence-corrected chi connectivity index (χ1v) is 10.9. The Balaban J connectivity index is 1.33. The molecule has 0 aliphatic carbocycles. The molecule has 2 heterocycles. The van der Waals surface area contributed by atoms with Crippen LogP contribution in [0.1, 0.15) is 37.0 Å². The maximum absolute atomic E-state index is 6.13. The summed E-state index contributed by atoms with van der Waals surface area (Å²) in [4.78, 5) is 13.4. The molecule has 0 bridgehead atoms. The lowest BCUT2D eigenvalue weighted by molar-refractivity contribution is -0.300. The van der Waals surface area contributed by atoms with Crippen molar-refractivity contribution in [2.75, 3.05) is 26.2 Å². The number of para-hydroxylation sites is 2. The SMILES string of the molecule is C=COOC(c1ccc(CC)cc1)C1CCN(CC2COc3ccccc3O2)CC1. The van der Waals surface area contributed by atoms with Crippen molar-refractivity contribution in [3.8, 4) is 11.5 Å². The van der Waals surface area contributed by atoms with Crippen molar-refractivity contribution in [3.63, 3.8) is 0 Å². The van der Waals surface area contributed by atoms with Gasteiger partial charge >= 0.3 is 0 Å². The van der Waals surface area contributed by atoms with Gasteiger partial charge in [0, 0.05) is 6.54 Å². The first kappa shape index (κ1) is 20.8. The van der Waals surface area contributed by atoms with E-state index in [0.717, 1.165) is 56.0 Å². The van der Waals surface area contributed by atoms with Gasteiger partial charge in [0.25, 0.3) is 0 Å². The molecule has 160 valence electrons. The molecule has 2 aliphatic heterocycles. The molecule has 2 aliphatic rings. The predicted molar refractivity (Wildman–Crippen MR) is 116 cm³/mol. The average molecular weight is 410 g/mol. The van der Waals surface area contributed by atoms with Gasteiger partial charge in [0.1, 0.15) is 25.1 Å². The van der Waals surface area contributed by atoms with Crippen molar-refractivity contribution in [3.05, 3.63) is 72.5 Å². The second-order valence-corrected chi connectivity index (χ2v) is 8.01. The van der Waals surface area contributed by atoms with Crippen molar-refractivity contribution >= 4 is 0 Å². The van der Waals surface area contributed by atoms with Crippen LogP contribution in [0.2, 0.25) is 0 Å². The lowest BCUT2D eigenvalue weighted by Crippen LogP contribution is -2.44. The first-order chi connectivity index (χ1) is 14.8. The summed E-state index contributed by atoms with van der Waals surface area (Å²) < 4.78 is 12.0. The number of nitrogens with zero attached hydrogens (tertiary/aromatic N) is 1. The van der Waals surface area contributed by atoms with Crippen molar-refractivity contribution < 1.29 is 19.2 Å². The monoisotopic (exact) mass is 409 g/mol. The molecular formula is C25H31NO4. The highest BCUT2D eigenvalue weighted by molar-refractivity contribution is 5.40. The highest BCUT2D eigenvalue weighted by atomic mass is 17.2. The number of rotatable bonds is 8. The Bertz CT molecular complexity index is 814. The average Bonchev–Trinajstić information content (AvgIpc) is 2.80. The lowest BCUT2D eigenvalue weighted by Gasteiger charge is -2.37. The number of aryl methyl sites for hydroxylation is 1. The van der Waals surface area contributed by atoms with Crippen LogP contribution >= 0.6 is 0 Å². The molecule has 0 amide bonds. The van der Waals surface area contributed by atoms with Gasteiger partial charge in [-0.3, -0.25) is 4.90 Å². The summed E-state index contributed by atoms with van der Waals surface area (Å²) >= 11 is 0. The van der Waals surface area contributed by atoms with E-state index in [0.29, 0.717) is 12.5 Å². The molecule has 2 aromatic rings. The summed E-state index contributed by atoms with van der Waals surface area (Å²) in [5, 5.41) is 0. The van der Waals surface area contributed by atoms with E-state index >= 15 is 0 Å². The van der Waals surface area contributed by atoms with Crippen LogP contribution in [0.25, 0.3) is 0 Å². The Kier molecular flexibility index (Phi) is 6.92. The Hall–Kier alpha value is -2.50. The maximum atomic E-state index is 6.13. The molecule has 0 aromatic heterocycles. The van der Waals surface area contributed by atoms with E-state index in [2.05, 4.69) is 42.7 Å². The minimum absolute atomic E-state index is 0.0641. The van der Waals surface area contributed by atoms with E-state index in [4.69, 9.17) is 19.2 Å². The van der Waals surface area contributed by atoms with E-state index in [9.17, 15) is 0 Å². The zero-order valence-electron chi connectivity index (χ0n) is 17.7. The molecule has 1 fully saturated rings. The van der Waals surface area contributed by atoms with Crippen LogP contribution in [0.4, 0.5) is 0 Å². The summed E-state index contributed by atoms with van der Waals surface area (Å²) in [7, 11) is 0. The maximum Gasteiger partial charge on any atom is 0.161 e. The fraction of sp³-hybridized carbons (Fsp3) is 0.440. The van der Waals surface area contributed by atoms with Gasteiger partial charge in [-0.1, -0.05) is 49.9 Å². The van der Waals surface area contributed by atoms with Gasteiger partial charge in [0.2, 0.25) is 0 Å². The molecule has 0 N–H and O–H groups in total.